The van der Waals surface area contributed by atoms with Crippen LogP contribution in [-0.2, 0) is 6.42 Å². The summed E-state index contributed by atoms with van der Waals surface area (Å²) in [6.45, 7) is 15.7. The molecule has 3 rings (SSSR count). The second-order valence-corrected chi connectivity index (χ2v) is 8.02. The Morgan fingerprint density at radius 3 is 2.71 bits per heavy atom. The molecule has 31 heavy (non-hydrogen) atoms. The Morgan fingerprint density at radius 1 is 1.32 bits per heavy atom. The maximum Gasteiger partial charge on any atom is 0.146 e. The topological polar surface area (TPSA) is 66.9 Å². The van der Waals surface area contributed by atoms with Gasteiger partial charge in [0.2, 0.25) is 0 Å². The standard InChI is InChI=1S/C26H31N5/c1-7-20-17-22(30-24(23(20)28-5)25(27)29-8-2)21-11-9-10-19(16-21)12-13-26(4)14-15-31(6)18(26)3/h9-11,16-17H,3,5,7-8,14-15H2,1-2,4,6H3,(H2,27,29). The highest BCUT2D eigenvalue weighted by atomic mass is 15.1. The van der Waals surface area contributed by atoms with Gasteiger partial charge in [0.15, 0.2) is 0 Å². The summed E-state index contributed by atoms with van der Waals surface area (Å²) < 4.78 is 0. The lowest BCUT2D eigenvalue weighted by molar-refractivity contribution is 0.470. The van der Waals surface area contributed by atoms with Gasteiger partial charge in [-0.25, -0.2) is 4.98 Å². The average Bonchev–Trinajstić information content (AvgIpc) is 3.04. The van der Waals surface area contributed by atoms with E-state index in [4.69, 9.17) is 10.7 Å². The van der Waals surface area contributed by atoms with Crippen molar-refractivity contribution in [3.05, 3.63) is 59.4 Å². The fourth-order valence-electron chi connectivity index (χ4n) is 3.80. The van der Waals surface area contributed by atoms with Gasteiger partial charge in [-0.05, 0) is 57.2 Å². The quantitative estimate of drug-likeness (QED) is 0.443. The van der Waals surface area contributed by atoms with E-state index in [1.54, 1.807) is 0 Å². The van der Waals surface area contributed by atoms with Gasteiger partial charge in [0.1, 0.15) is 11.5 Å². The van der Waals surface area contributed by atoms with Crippen molar-refractivity contribution >= 4 is 18.2 Å². The fraction of sp³-hybridized carbons (Fsp3) is 0.346. The van der Waals surface area contributed by atoms with E-state index in [-0.39, 0.29) is 5.41 Å². The van der Waals surface area contributed by atoms with Crippen molar-refractivity contribution in [2.75, 3.05) is 20.1 Å². The van der Waals surface area contributed by atoms with Crippen LogP contribution < -0.4 is 5.73 Å². The maximum atomic E-state index is 6.20. The smallest absolute Gasteiger partial charge is 0.146 e. The molecule has 0 radical (unpaired) electrons. The first-order valence-corrected chi connectivity index (χ1v) is 10.7. The number of nitrogens with zero attached hydrogens (tertiary/aromatic N) is 4. The number of likely N-dealkylation sites (tertiary alicyclic amines) is 1. The van der Waals surface area contributed by atoms with Crippen LogP contribution >= 0.6 is 0 Å². The number of aliphatic imine (C=N–C) groups is 2. The van der Waals surface area contributed by atoms with Crippen molar-refractivity contribution in [2.24, 2.45) is 21.1 Å². The molecule has 0 amide bonds. The van der Waals surface area contributed by atoms with Gasteiger partial charge in [0.05, 0.1) is 16.8 Å². The molecular formula is C26H31N5. The summed E-state index contributed by atoms with van der Waals surface area (Å²) >= 11 is 0. The number of aryl methyl sites for hydroxylation is 1. The predicted molar refractivity (Wildman–Crippen MR) is 131 cm³/mol. The lowest BCUT2D eigenvalue weighted by Gasteiger charge is -2.20. The van der Waals surface area contributed by atoms with Crippen LogP contribution in [0.25, 0.3) is 11.3 Å². The van der Waals surface area contributed by atoms with E-state index >= 15 is 0 Å². The van der Waals surface area contributed by atoms with Crippen LogP contribution in [0.15, 0.2) is 52.6 Å². The predicted octanol–water partition coefficient (Wildman–Crippen LogP) is 4.58. The molecule has 1 aromatic carbocycles. The van der Waals surface area contributed by atoms with Crippen LogP contribution in [0.4, 0.5) is 5.69 Å². The normalized spacial score (nSPS) is 18.6. The number of rotatable bonds is 5. The molecule has 160 valence electrons. The molecule has 0 bridgehead atoms. The molecule has 0 spiro atoms. The van der Waals surface area contributed by atoms with E-state index in [9.17, 15) is 0 Å². The highest BCUT2D eigenvalue weighted by Crippen LogP contribution is 2.37. The van der Waals surface area contributed by atoms with E-state index in [0.717, 1.165) is 47.5 Å². The number of allylic oxidation sites excluding steroid dienone is 1. The third kappa shape index (κ3) is 4.54. The molecule has 0 saturated carbocycles. The summed E-state index contributed by atoms with van der Waals surface area (Å²) in [5.41, 5.74) is 12.2. The second-order valence-electron chi connectivity index (χ2n) is 8.02. The highest BCUT2D eigenvalue weighted by molar-refractivity contribution is 6.01. The minimum absolute atomic E-state index is 0.187. The first kappa shape index (κ1) is 22.3. The fourth-order valence-corrected chi connectivity index (χ4v) is 3.80. The average molecular weight is 414 g/mol. The third-order valence-electron chi connectivity index (χ3n) is 5.87. The molecule has 5 nitrogen and oxygen atoms in total. The number of hydrogen-bond acceptors (Lipinski definition) is 4. The lowest BCUT2D eigenvalue weighted by atomic mass is 9.87. The maximum absolute atomic E-state index is 6.20. The van der Waals surface area contributed by atoms with Gasteiger partial charge in [-0.2, -0.15) is 0 Å². The van der Waals surface area contributed by atoms with Gasteiger partial charge in [-0.3, -0.25) is 9.98 Å². The van der Waals surface area contributed by atoms with Gasteiger partial charge in [-0.1, -0.05) is 37.5 Å². The van der Waals surface area contributed by atoms with Crippen LogP contribution in [-0.4, -0.2) is 42.6 Å². The first-order chi connectivity index (χ1) is 14.8. The molecule has 1 fully saturated rings. The monoisotopic (exact) mass is 413 g/mol. The summed E-state index contributed by atoms with van der Waals surface area (Å²) in [5.74, 6) is 7.18. The van der Waals surface area contributed by atoms with Crippen molar-refractivity contribution < 1.29 is 0 Å². The Labute approximate surface area is 185 Å². The van der Waals surface area contributed by atoms with Gasteiger partial charge in [0.25, 0.3) is 0 Å². The Bertz CT molecular complexity index is 1100. The molecule has 2 heterocycles. The minimum atomic E-state index is -0.187. The SMILES string of the molecule is C=Nc1c(CC)cc(-c2cccc(C#CC3(C)CCN(C)C3=C)c2)nc1C(N)=NCC. The second kappa shape index (κ2) is 9.18. The number of pyridine rings is 1. The van der Waals surface area contributed by atoms with Gasteiger partial charge in [-0.15, -0.1) is 0 Å². The number of nitrogens with two attached hydrogens (primary N) is 1. The summed E-state index contributed by atoms with van der Waals surface area (Å²) in [6, 6.07) is 10.2. The minimum Gasteiger partial charge on any atom is -0.382 e. The zero-order valence-electron chi connectivity index (χ0n) is 19.0. The summed E-state index contributed by atoms with van der Waals surface area (Å²) in [7, 11) is 2.07. The summed E-state index contributed by atoms with van der Waals surface area (Å²) in [4.78, 5) is 15.5. The first-order valence-electron chi connectivity index (χ1n) is 10.7. The largest absolute Gasteiger partial charge is 0.382 e. The molecule has 0 aliphatic carbocycles. The van der Waals surface area contributed by atoms with Crippen molar-refractivity contribution in [1.82, 2.24) is 9.88 Å². The van der Waals surface area contributed by atoms with Crippen molar-refractivity contribution in [2.45, 2.75) is 33.6 Å². The van der Waals surface area contributed by atoms with E-state index in [1.807, 2.05) is 31.2 Å². The zero-order chi connectivity index (χ0) is 22.6. The highest BCUT2D eigenvalue weighted by Gasteiger charge is 2.34. The van der Waals surface area contributed by atoms with Crippen LogP contribution in [0.5, 0.6) is 0 Å². The molecule has 5 heteroatoms. The molecular weight excluding hydrogens is 382 g/mol. The Balaban J connectivity index is 2.04. The number of benzene rings is 1. The summed E-state index contributed by atoms with van der Waals surface area (Å²) in [6.07, 6.45) is 1.79. The third-order valence-corrected chi connectivity index (χ3v) is 5.87. The van der Waals surface area contributed by atoms with Gasteiger partial charge >= 0.3 is 0 Å². The number of hydrogen-bond donors (Lipinski definition) is 1. The number of amidine groups is 1. The van der Waals surface area contributed by atoms with Gasteiger partial charge in [0, 0.05) is 37.0 Å². The number of aromatic nitrogens is 1. The Morgan fingerprint density at radius 2 is 2.10 bits per heavy atom. The molecule has 1 unspecified atom stereocenters. The van der Waals surface area contributed by atoms with E-state index < -0.39 is 0 Å². The molecule has 1 aliphatic heterocycles. The zero-order valence-corrected chi connectivity index (χ0v) is 19.0. The molecule has 1 saturated heterocycles. The van der Waals surface area contributed by atoms with Crippen LogP contribution in [0.3, 0.4) is 0 Å². The summed E-state index contributed by atoms with van der Waals surface area (Å²) in [5, 5.41) is 0. The van der Waals surface area contributed by atoms with Crippen LogP contribution in [0.1, 0.15) is 44.0 Å². The van der Waals surface area contributed by atoms with E-state index in [0.29, 0.717) is 23.8 Å². The van der Waals surface area contributed by atoms with Crippen molar-refractivity contribution in [3.63, 3.8) is 0 Å². The molecule has 1 aromatic heterocycles. The molecule has 1 aliphatic rings. The van der Waals surface area contributed by atoms with Crippen LogP contribution in [0, 0.1) is 17.3 Å². The van der Waals surface area contributed by atoms with Crippen molar-refractivity contribution in [1.29, 1.82) is 0 Å². The van der Waals surface area contributed by atoms with Gasteiger partial charge < -0.3 is 10.6 Å². The Kier molecular flexibility index (Phi) is 6.60. The Hall–Kier alpha value is -3.39. The van der Waals surface area contributed by atoms with E-state index in [1.165, 1.54) is 0 Å². The van der Waals surface area contributed by atoms with Crippen LogP contribution in [0.2, 0.25) is 0 Å². The van der Waals surface area contributed by atoms with Crippen molar-refractivity contribution in [3.8, 4) is 23.1 Å². The molecule has 2 N–H and O–H groups in total. The molecule has 1 atom stereocenters. The van der Waals surface area contributed by atoms with E-state index in [2.05, 4.69) is 67.0 Å². The molecule has 2 aromatic rings. The lowest BCUT2D eigenvalue weighted by Crippen LogP contribution is -2.17.